The van der Waals surface area contributed by atoms with Crippen LogP contribution in [-0.2, 0) is 23.1 Å². The number of aliphatic carboxylic acids is 1. The van der Waals surface area contributed by atoms with E-state index in [1.54, 1.807) is 24.9 Å². The first-order valence-corrected chi connectivity index (χ1v) is 5.85. The normalized spacial score (nSPS) is 12.2. The number of carbonyl (C=O) groups excluding carboxylic acids is 1. The van der Waals surface area contributed by atoms with Crippen molar-refractivity contribution in [2.75, 3.05) is 13.6 Å². The number of nitrogens with zero attached hydrogens (tertiary/aromatic N) is 3. The third-order valence-corrected chi connectivity index (χ3v) is 2.91. The first-order valence-electron chi connectivity index (χ1n) is 5.85. The van der Waals surface area contributed by atoms with E-state index in [1.165, 1.54) is 4.90 Å². The summed E-state index contributed by atoms with van der Waals surface area (Å²) >= 11 is 0. The van der Waals surface area contributed by atoms with Crippen molar-refractivity contribution in [3.63, 3.8) is 0 Å². The molecule has 0 aliphatic carbocycles. The molecule has 1 rings (SSSR count). The maximum atomic E-state index is 11.8. The van der Waals surface area contributed by atoms with Gasteiger partial charge in [0.2, 0.25) is 5.91 Å². The zero-order valence-corrected chi connectivity index (χ0v) is 11.0. The van der Waals surface area contributed by atoms with Crippen LogP contribution in [-0.4, -0.2) is 45.3 Å². The van der Waals surface area contributed by atoms with Gasteiger partial charge in [-0.1, -0.05) is 6.92 Å². The molecule has 0 bridgehead atoms. The van der Waals surface area contributed by atoms with Gasteiger partial charge in [-0.05, 0) is 12.5 Å². The van der Waals surface area contributed by atoms with Gasteiger partial charge in [0.25, 0.3) is 0 Å². The van der Waals surface area contributed by atoms with Crippen molar-refractivity contribution in [3.05, 3.63) is 18.0 Å². The van der Waals surface area contributed by atoms with Crippen molar-refractivity contribution in [2.45, 2.75) is 19.8 Å². The molecule has 6 nitrogen and oxygen atoms in total. The summed E-state index contributed by atoms with van der Waals surface area (Å²) in [5, 5.41) is 12.8. The van der Waals surface area contributed by atoms with Gasteiger partial charge in [0.1, 0.15) is 0 Å². The van der Waals surface area contributed by atoms with Gasteiger partial charge in [-0.15, -0.1) is 0 Å². The molecule has 1 atom stereocenters. The van der Waals surface area contributed by atoms with Crippen LogP contribution in [0.4, 0.5) is 0 Å². The fourth-order valence-corrected chi connectivity index (χ4v) is 1.66. The van der Waals surface area contributed by atoms with Crippen molar-refractivity contribution in [1.82, 2.24) is 14.7 Å². The third-order valence-electron chi connectivity index (χ3n) is 2.91. The molecule has 1 amide bonds. The summed E-state index contributed by atoms with van der Waals surface area (Å²) in [7, 11) is 3.46. The number of aryl methyl sites for hydroxylation is 2. The maximum Gasteiger partial charge on any atom is 0.308 e. The number of carboxylic acids is 1. The fraction of sp³-hybridized carbons (Fsp3) is 0.583. The predicted octanol–water partition coefficient (Wildman–Crippen LogP) is 0.532. The van der Waals surface area contributed by atoms with E-state index in [0.717, 1.165) is 5.69 Å². The highest BCUT2D eigenvalue weighted by atomic mass is 16.4. The Morgan fingerprint density at radius 3 is 2.72 bits per heavy atom. The molecule has 1 aromatic rings. The second-order valence-corrected chi connectivity index (χ2v) is 4.46. The average Bonchev–Trinajstić information content (AvgIpc) is 2.71. The molecule has 0 aromatic carbocycles. The van der Waals surface area contributed by atoms with E-state index in [4.69, 9.17) is 5.11 Å². The molecule has 1 aromatic heterocycles. The van der Waals surface area contributed by atoms with Gasteiger partial charge in [-0.2, -0.15) is 5.10 Å². The molecular weight excluding hydrogens is 234 g/mol. The van der Waals surface area contributed by atoms with Gasteiger partial charge in [-0.25, -0.2) is 0 Å². The molecular formula is C12H19N3O3. The van der Waals surface area contributed by atoms with E-state index >= 15 is 0 Å². The number of carbonyl (C=O) groups is 2. The Hall–Kier alpha value is -1.85. The summed E-state index contributed by atoms with van der Waals surface area (Å²) in [6.07, 6.45) is 2.67. The fourth-order valence-electron chi connectivity index (χ4n) is 1.66. The summed E-state index contributed by atoms with van der Waals surface area (Å²) in [5.74, 6) is -1.48. The van der Waals surface area contributed by atoms with Crippen molar-refractivity contribution in [3.8, 4) is 0 Å². The van der Waals surface area contributed by atoms with E-state index in [2.05, 4.69) is 5.10 Å². The van der Waals surface area contributed by atoms with Crippen LogP contribution in [0, 0.1) is 5.92 Å². The summed E-state index contributed by atoms with van der Waals surface area (Å²) in [6, 6.07) is 1.87. The highest BCUT2D eigenvalue weighted by Crippen LogP contribution is 2.05. The smallest absolute Gasteiger partial charge is 0.308 e. The topological polar surface area (TPSA) is 75.4 Å². The first kappa shape index (κ1) is 14.2. The predicted molar refractivity (Wildman–Crippen MR) is 66.0 cm³/mol. The zero-order valence-electron chi connectivity index (χ0n) is 11.0. The summed E-state index contributed by atoms with van der Waals surface area (Å²) in [4.78, 5) is 24.0. The average molecular weight is 253 g/mol. The summed E-state index contributed by atoms with van der Waals surface area (Å²) in [5.41, 5.74) is 0.989. The van der Waals surface area contributed by atoms with E-state index in [-0.39, 0.29) is 12.5 Å². The molecule has 0 aliphatic rings. The minimum absolute atomic E-state index is 0.0516. The van der Waals surface area contributed by atoms with Crippen molar-refractivity contribution in [1.29, 1.82) is 0 Å². The number of hydrogen-bond acceptors (Lipinski definition) is 3. The summed E-state index contributed by atoms with van der Waals surface area (Å²) < 4.78 is 1.73. The summed E-state index contributed by atoms with van der Waals surface area (Å²) in [6.45, 7) is 1.83. The molecule has 0 spiro atoms. The van der Waals surface area contributed by atoms with E-state index in [9.17, 15) is 9.59 Å². The van der Waals surface area contributed by atoms with Crippen molar-refractivity contribution in [2.24, 2.45) is 13.0 Å². The number of hydrogen-bond donors (Lipinski definition) is 1. The highest BCUT2D eigenvalue weighted by Gasteiger charge is 2.17. The Morgan fingerprint density at radius 2 is 2.22 bits per heavy atom. The number of aromatic nitrogens is 2. The Morgan fingerprint density at radius 1 is 1.56 bits per heavy atom. The van der Waals surface area contributed by atoms with Gasteiger partial charge in [0.15, 0.2) is 0 Å². The van der Waals surface area contributed by atoms with Crippen molar-refractivity contribution >= 4 is 11.9 Å². The molecule has 6 heteroatoms. The van der Waals surface area contributed by atoms with Crippen LogP contribution < -0.4 is 0 Å². The monoisotopic (exact) mass is 253 g/mol. The van der Waals surface area contributed by atoms with Crippen LogP contribution in [0.15, 0.2) is 12.3 Å². The molecule has 0 saturated heterocycles. The van der Waals surface area contributed by atoms with Gasteiger partial charge in [0.05, 0.1) is 5.92 Å². The molecule has 100 valence electrons. The minimum atomic E-state index is -0.888. The molecule has 0 aliphatic heterocycles. The Labute approximate surface area is 106 Å². The Bertz CT molecular complexity index is 428. The SMILES string of the molecule is CC(CN(C)C(=O)CCc1ccnn1C)C(=O)O. The quantitative estimate of drug-likeness (QED) is 0.802. The molecule has 18 heavy (non-hydrogen) atoms. The van der Waals surface area contributed by atoms with E-state index in [1.807, 2.05) is 13.1 Å². The van der Waals surface area contributed by atoms with E-state index in [0.29, 0.717) is 12.8 Å². The Kier molecular flexibility index (Phi) is 4.88. The molecule has 1 N–H and O–H groups in total. The van der Waals surface area contributed by atoms with Crippen LogP contribution in [0.25, 0.3) is 0 Å². The number of rotatable bonds is 6. The Balaban J connectivity index is 2.41. The lowest BCUT2D eigenvalue weighted by Crippen LogP contribution is -2.33. The van der Waals surface area contributed by atoms with Crippen molar-refractivity contribution < 1.29 is 14.7 Å². The lowest BCUT2D eigenvalue weighted by Gasteiger charge is -2.19. The molecule has 1 unspecified atom stereocenters. The van der Waals surface area contributed by atoms with Gasteiger partial charge < -0.3 is 10.0 Å². The third kappa shape index (κ3) is 3.87. The van der Waals surface area contributed by atoms with Gasteiger partial charge in [-0.3, -0.25) is 14.3 Å². The lowest BCUT2D eigenvalue weighted by molar-refractivity contribution is -0.142. The second kappa shape index (κ2) is 6.18. The highest BCUT2D eigenvalue weighted by molar-refractivity contribution is 5.77. The first-order chi connectivity index (χ1) is 8.41. The maximum absolute atomic E-state index is 11.8. The molecule has 0 radical (unpaired) electrons. The van der Waals surface area contributed by atoms with Crippen LogP contribution >= 0.6 is 0 Å². The number of carboxylic acid groups (broad SMARTS) is 1. The van der Waals surface area contributed by atoms with Crippen LogP contribution in [0.5, 0.6) is 0 Å². The van der Waals surface area contributed by atoms with Crippen LogP contribution in [0.1, 0.15) is 19.0 Å². The standard InChI is InChI=1S/C12H19N3O3/c1-9(12(17)18)8-14(2)11(16)5-4-10-6-7-13-15(10)3/h6-7,9H,4-5,8H2,1-3H3,(H,17,18). The zero-order chi connectivity index (χ0) is 13.7. The van der Waals surface area contributed by atoms with Gasteiger partial charge >= 0.3 is 5.97 Å². The molecule has 0 saturated carbocycles. The largest absolute Gasteiger partial charge is 0.481 e. The van der Waals surface area contributed by atoms with Crippen LogP contribution in [0.3, 0.4) is 0 Å². The molecule has 1 heterocycles. The minimum Gasteiger partial charge on any atom is -0.481 e. The van der Waals surface area contributed by atoms with E-state index < -0.39 is 11.9 Å². The lowest BCUT2D eigenvalue weighted by atomic mass is 10.1. The second-order valence-electron chi connectivity index (χ2n) is 4.46. The molecule has 0 fully saturated rings. The van der Waals surface area contributed by atoms with Crippen LogP contribution in [0.2, 0.25) is 0 Å². The number of amides is 1. The van der Waals surface area contributed by atoms with Gasteiger partial charge in [0, 0.05) is 39.0 Å².